The van der Waals surface area contributed by atoms with E-state index in [-0.39, 0.29) is 12.1 Å². The van der Waals surface area contributed by atoms with Crippen LogP contribution in [-0.2, 0) is 10.2 Å². The quantitative estimate of drug-likeness (QED) is 0.706. The van der Waals surface area contributed by atoms with Gasteiger partial charge in [-0.2, -0.15) is 17.0 Å². The smallest absolute Gasteiger partial charge is 0.282 e. The third-order valence-electron chi connectivity index (χ3n) is 2.54. The maximum atomic E-state index is 12.3. The van der Waals surface area contributed by atoms with E-state index in [1.54, 1.807) is 7.05 Å². The van der Waals surface area contributed by atoms with Crippen LogP contribution in [0.2, 0.25) is 0 Å². The molecule has 0 aliphatic heterocycles. The van der Waals surface area contributed by atoms with Crippen LogP contribution in [0.4, 0.5) is 0 Å². The zero-order valence-electron chi connectivity index (χ0n) is 11.2. The Morgan fingerprint density at radius 3 is 2.00 bits per heavy atom. The average Bonchev–Trinajstić information content (AvgIpc) is 2.14. The van der Waals surface area contributed by atoms with Crippen molar-refractivity contribution in [3.8, 4) is 0 Å². The van der Waals surface area contributed by atoms with Crippen LogP contribution in [0.5, 0.6) is 0 Å². The fourth-order valence-electron chi connectivity index (χ4n) is 1.29. The van der Waals surface area contributed by atoms with Crippen LogP contribution in [0.25, 0.3) is 0 Å². The van der Waals surface area contributed by atoms with Crippen molar-refractivity contribution in [3.05, 3.63) is 0 Å². The fourth-order valence-corrected chi connectivity index (χ4v) is 3.10. The molecule has 0 spiro atoms. The molecule has 0 aromatic heterocycles. The Labute approximate surface area is 110 Å². The molecule has 17 heavy (non-hydrogen) atoms. The van der Waals surface area contributed by atoms with Crippen LogP contribution in [0.15, 0.2) is 0 Å². The van der Waals surface area contributed by atoms with Crippen LogP contribution in [0.1, 0.15) is 34.1 Å². The van der Waals surface area contributed by atoms with Crippen molar-refractivity contribution in [2.45, 2.75) is 46.2 Å². The van der Waals surface area contributed by atoms with Crippen LogP contribution in [0.3, 0.4) is 0 Å². The van der Waals surface area contributed by atoms with Gasteiger partial charge in [-0.1, -0.05) is 12.2 Å². The van der Waals surface area contributed by atoms with E-state index in [2.05, 4.69) is 0 Å². The van der Waals surface area contributed by atoms with Crippen LogP contribution in [-0.4, -0.2) is 47.7 Å². The Balaban J connectivity index is 4.99. The number of nitrogens with zero attached hydrogens (tertiary/aromatic N) is 2. The molecule has 0 saturated carbocycles. The summed E-state index contributed by atoms with van der Waals surface area (Å²) in [5.74, 6) is 0. The Bertz CT molecular complexity index is 353. The van der Waals surface area contributed by atoms with Crippen molar-refractivity contribution < 1.29 is 8.42 Å². The molecular weight excluding hydrogens is 258 g/mol. The average molecular weight is 281 g/mol. The summed E-state index contributed by atoms with van der Waals surface area (Å²) in [4.78, 5) is 0.332. The topological polar surface area (TPSA) is 66.6 Å². The minimum Gasteiger partial charge on any atom is -0.393 e. The predicted molar refractivity (Wildman–Crippen MR) is 75.1 cm³/mol. The van der Waals surface area contributed by atoms with Gasteiger partial charge in [0, 0.05) is 32.1 Å². The maximum Gasteiger partial charge on any atom is 0.282 e. The number of thiocarbonyl (C=S) groups is 1. The lowest BCUT2D eigenvalue weighted by atomic mass is 10.3. The molecule has 0 aliphatic carbocycles. The van der Waals surface area contributed by atoms with Crippen LogP contribution >= 0.6 is 12.2 Å². The molecule has 2 N–H and O–H groups in total. The van der Waals surface area contributed by atoms with E-state index < -0.39 is 10.2 Å². The van der Waals surface area contributed by atoms with E-state index >= 15 is 0 Å². The molecule has 0 aromatic rings. The third kappa shape index (κ3) is 4.87. The highest BCUT2D eigenvalue weighted by Crippen LogP contribution is 2.14. The maximum absolute atomic E-state index is 12.3. The molecule has 0 saturated heterocycles. The first-order chi connectivity index (χ1) is 7.60. The minimum atomic E-state index is -3.44. The molecule has 0 heterocycles. The minimum absolute atomic E-state index is 0.0777. The summed E-state index contributed by atoms with van der Waals surface area (Å²) >= 11 is 4.78. The van der Waals surface area contributed by atoms with Crippen LogP contribution < -0.4 is 5.73 Å². The Hall–Kier alpha value is -0.240. The van der Waals surface area contributed by atoms with Gasteiger partial charge < -0.3 is 5.73 Å². The lowest BCUT2D eigenvalue weighted by Crippen LogP contribution is -2.48. The first kappa shape index (κ1) is 16.8. The van der Waals surface area contributed by atoms with E-state index in [0.29, 0.717) is 18.0 Å². The summed E-state index contributed by atoms with van der Waals surface area (Å²) in [5, 5.41) is 0. The first-order valence-electron chi connectivity index (χ1n) is 5.63. The highest BCUT2D eigenvalue weighted by atomic mass is 32.2. The fraction of sp³-hybridized carbons (Fsp3) is 0.900. The van der Waals surface area contributed by atoms with E-state index in [4.69, 9.17) is 18.0 Å². The first-order valence-corrected chi connectivity index (χ1v) is 7.44. The third-order valence-corrected chi connectivity index (χ3v) is 5.09. The van der Waals surface area contributed by atoms with Crippen molar-refractivity contribution in [1.29, 1.82) is 0 Å². The Morgan fingerprint density at radius 2 is 1.71 bits per heavy atom. The zero-order chi connectivity index (χ0) is 13.8. The summed E-state index contributed by atoms with van der Waals surface area (Å²) in [6, 6.07) is -0.193. The SMILES string of the molecule is CC(C)N(C)S(=O)(=O)N(CCC(N)=S)C(C)C. The second-order valence-corrected chi connectivity index (χ2v) is 7.00. The Kier molecular flexibility index (Phi) is 6.53. The van der Waals surface area contributed by atoms with Gasteiger partial charge in [0.15, 0.2) is 0 Å². The second kappa shape index (κ2) is 6.63. The van der Waals surface area contributed by atoms with Gasteiger partial charge >= 0.3 is 0 Å². The number of hydrogen-bond donors (Lipinski definition) is 1. The summed E-state index contributed by atoms with van der Waals surface area (Å²) in [7, 11) is -1.86. The highest BCUT2D eigenvalue weighted by molar-refractivity contribution is 7.86. The van der Waals surface area contributed by atoms with Gasteiger partial charge in [0.05, 0.1) is 4.99 Å². The van der Waals surface area contributed by atoms with Crippen molar-refractivity contribution in [2.75, 3.05) is 13.6 Å². The summed E-state index contributed by atoms with van der Waals surface area (Å²) in [5.41, 5.74) is 5.42. The molecule has 0 bridgehead atoms. The normalized spacial score (nSPS) is 13.0. The van der Waals surface area contributed by atoms with E-state index in [1.165, 1.54) is 8.61 Å². The molecule has 0 fully saturated rings. The van der Waals surface area contributed by atoms with Gasteiger partial charge in [-0.15, -0.1) is 0 Å². The van der Waals surface area contributed by atoms with Crippen molar-refractivity contribution in [3.63, 3.8) is 0 Å². The number of hydrogen-bond acceptors (Lipinski definition) is 3. The second-order valence-electron chi connectivity index (χ2n) is 4.54. The molecule has 0 radical (unpaired) electrons. The van der Waals surface area contributed by atoms with Gasteiger partial charge in [-0.05, 0) is 27.7 Å². The number of rotatable bonds is 7. The predicted octanol–water partition coefficient (Wildman–Crippen LogP) is 0.958. The van der Waals surface area contributed by atoms with E-state index in [0.717, 1.165) is 0 Å². The molecule has 0 rings (SSSR count). The molecule has 0 unspecified atom stereocenters. The van der Waals surface area contributed by atoms with E-state index in [1.807, 2.05) is 27.7 Å². The van der Waals surface area contributed by atoms with Gasteiger partial charge in [0.2, 0.25) is 0 Å². The van der Waals surface area contributed by atoms with Crippen molar-refractivity contribution >= 4 is 27.4 Å². The van der Waals surface area contributed by atoms with Gasteiger partial charge in [-0.25, -0.2) is 0 Å². The summed E-state index contributed by atoms with van der Waals surface area (Å²) in [6.07, 6.45) is 0.401. The molecular formula is C10H23N3O2S2. The molecule has 0 amide bonds. The highest BCUT2D eigenvalue weighted by Gasteiger charge is 2.30. The Morgan fingerprint density at radius 1 is 1.24 bits per heavy atom. The standard InChI is InChI=1S/C10H23N3O2S2/c1-8(2)12(5)17(14,15)13(9(3)4)7-6-10(11)16/h8-9H,6-7H2,1-5H3,(H2,11,16). The molecule has 0 atom stereocenters. The molecule has 0 aromatic carbocycles. The molecule has 102 valence electrons. The number of nitrogens with two attached hydrogens (primary N) is 1. The molecule has 7 heteroatoms. The largest absolute Gasteiger partial charge is 0.393 e. The lowest BCUT2D eigenvalue weighted by Gasteiger charge is -2.32. The molecule has 0 aliphatic rings. The van der Waals surface area contributed by atoms with Gasteiger partial charge in [0.25, 0.3) is 10.2 Å². The van der Waals surface area contributed by atoms with Crippen LogP contribution in [0, 0.1) is 0 Å². The van der Waals surface area contributed by atoms with Crippen molar-refractivity contribution in [2.24, 2.45) is 5.73 Å². The van der Waals surface area contributed by atoms with E-state index in [9.17, 15) is 8.42 Å². The van der Waals surface area contributed by atoms with Crippen molar-refractivity contribution in [1.82, 2.24) is 8.61 Å². The molecule has 5 nitrogen and oxygen atoms in total. The summed E-state index contributed by atoms with van der Waals surface area (Å²) < 4.78 is 27.4. The zero-order valence-corrected chi connectivity index (χ0v) is 12.8. The summed E-state index contributed by atoms with van der Waals surface area (Å²) in [6.45, 7) is 7.68. The lowest BCUT2D eigenvalue weighted by molar-refractivity contribution is 0.307. The van der Waals surface area contributed by atoms with Gasteiger partial charge in [0.1, 0.15) is 0 Å². The van der Waals surface area contributed by atoms with Gasteiger partial charge in [-0.3, -0.25) is 0 Å². The monoisotopic (exact) mass is 281 g/mol.